The average Bonchev–Trinajstić information content (AvgIpc) is 2.89. The molecule has 0 radical (unpaired) electrons. The molecule has 3 N–H and O–H groups in total. The van der Waals surface area contributed by atoms with Gasteiger partial charge in [0.1, 0.15) is 16.9 Å². The van der Waals surface area contributed by atoms with E-state index in [2.05, 4.69) is 36.1 Å². The van der Waals surface area contributed by atoms with Crippen LogP contribution in [0.3, 0.4) is 0 Å². The van der Waals surface area contributed by atoms with Crippen LogP contribution >= 0.6 is 15.9 Å². The number of methoxy groups -OCH3 is 1. The topological polar surface area (TPSA) is 98.9 Å². The zero-order valence-corrected chi connectivity index (χ0v) is 12.0. The molecule has 0 bridgehead atoms. The highest BCUT2D eigenvalue weighted by Gasteiger charge is 2.12. The van der Waals surface area contributed by atoms with Crippen molar-refractivity contribution in [2.75, 3.05) is 12.8 Å². The van der Waals surface area contributed by atoms with Gasteiger partial charge in [0.25, 0.3) is 0 Å². The van der Waals surface area contributed by atoms with Gasteiger partial charge < -0.3 is 15.2 Å². The van der Waals surface area contributed by atoms with E-state index in [9.17, 15) is 0 Å². The molecule has 0 fully saturated rings. The number of ether oxygens (including phenoxy) is 2. The van der Waals surface area contributed by atoms with E-state index < -0.39 is 0 Å². The normalized spacial score (nSPS) is 10.7. The van der Waals surface area contributed by atoms with Crippen LogP contribution in [-0.4, -0.2) is 27.3 Å². The number of fused-ring (bicyclic) bond motifs is 1. The van der Waals surface area contributed by atoms with Gasteiger partial charge in [-0.2, -0.15) is 15.1 Å². The Morgan fingerprint density at radius 2 is 2.15 bits per heavy atom. The molecule has 102 valence electrons. The summed E-state index contributed by atoms with van der Waals surface area (Å²) in [5.74, 6) is 1.76. The molecule has 8 heteroatoms. The molecule has 0 spiro atoms. The van der Waals surface area contributed by atoms with Gasteiger partial charge in [0.15, 0.2) is 5.65 Å². The average molecular weight is 336 g/mol. The lowest BCUT2D eigenvalue weighted by atomic mass is 10.3. The van der Waals surface area contributed by atoms with Gasteiger partial charge in [0.2, 0.25) is 11.8 Å². The van der Waals surface area contributed by atoms with Crippen molar-refractivity contribution in [3.05, 3.63) is 28.9 Å². The van der Waals surface area contributed by atoms with E-state index in [0.29, 0.717) is 22.7 Å². The van der Waals surface area contributed by atoms with Gasteiger partial charge >= 0.3 is 0 Å². The van der Waals surface area contributed by atoms with Crippen LogP contribution in [0, 0.1) is 0 Å². The number of hydrogen-bond acceptors (Lipinski definition) is 6. The molecule has 0 amide bonds. The minimum atomic E-state index is 0.112. The Morgan fingerprint density at radius 3 is 2.90 bits per heavy atom. The largest absolute Gasteiger partial charge is 0.497 e. The molecule has 1 aromatic carbocycles. The Labute approximate surface area is 122 Å². The Morgan fingerprint density at radius 1 is 1.30 bits per heavy atom. The fourth-order valence-corrected chi connectivity index (χ4v) is 2.14. The highest BCUT2D eigenvalue weighted by molar-refractivity contribution is 9.10. The first-order valence-electron chi connectivity index (χ1n) is 5.65. The van der Waals surface area contributed by atoms with E-state index in [4.69, 9.17) is 15.2 Å². The summed E-state index contributed by atoms with van der Waals surface area (Å²) in [6, 6.07) is 5.36. The Balaban J connectivity index is 2.03. The minimum absolute atomic E-state index is 0.112. The lowest BCUT2D eigenvalue weighted by molar-refractivity contribution is 0.411. The third kappa shape index (κ3) is 2.25. The Bertz CT molecular complexity index is 774. The fourth-order valence-electron chi connectivity index (χ4n) is 1.70. The maximum Gasteiger partial charge on any atom is 0.235 e. The zero-order valence-electron chi connectivity index (χ0n) is 10.4. The van der Waals surface area contributed by atoms with E-state index in [1.165, 1.54) is 0 Å². The van der Waals surface area contributed by atoms with Crippen LogP contribution < -0.4 is 15.2 Å². The highest BCUT2D eigenvalue weighted by atomic mass is 79.9. The quantitative estimate of drug-likeness (QED) is 0.762. The molecule has 0 atom stereocenters. The van der Waals surface area contributed by atoms with Crippen molar-refractivity contribution in [2.45, 2.75) is 0 Å². The molecule has 0 aliphatic rings. The monoisotopic (exact) mass is 335 g/mol. The van der Waals surface area contributed by atoms with Gasteiger partial charge in [-0.15, -0.1) is 0 Å². The Kier molecular flexibility index (Phi) is 3.15. The molecule has 0 unspecified atom stereocenters. The van der Waals surface area contributed by atoms with E-state index in [1.54, 1.807) is 31.5 Å². The van der Waals surface area contributed by atoms with Gasteiger partial charge in [0, 0.05) is 0 Å². The third-order valence-corrected chi connectivity index (χ3v) is 3.26. The van der Waals surface area contributed by atoms with Gasteiger partial charge in [-0.05, 0) is 34.1 Å². The van der Waals surface area contributed by atoms with Crippen molar-refractivity contribution in [1.29, 1.82) is 0 Å². The second-order valence-electron chi connectivity index (χ2n) is 3.92. The molecular formula is C12H10BrN5O2. The number of aromatic amines is 1. The van der Waals surface area contributed by atoms with Gasteiger partial charge in [-0.3, -0.25) is 5.10 Å². The standard InChI is InChI=1S/C12H10BrN5O2/c1-19-6-2-3-9(8(13)4-6)20-11-7-5-15-18-10(7)16-12(14)17-11/h2-5H,1H3,(H3,14,15,16,17,18). The first kappa shape index (κ1) is 12.7. The molecule has 20 heavy (non-hydrogen) atoms. The van der Waals surface area contributed by atoms with E-state index >= 15 is 0 Å². The summed E-state index contributed by atoms with van der Waals surface area (Å²) in [6.45, 7) is 0. The number of nitrogens with zero attached hydrogens (tertiary/aromatic N) is 3. The third-order valence-electron chi connectivity index (χ3n) is 2.64. The predicted octanol–water partition coefficient (Wildman–Crippen LogP) is 2.50. The second-order valence-corrected chi connectivity index (χ2v) is 4.77. The predicted molar refractivity (Wildman–Crippen MR) is 76.9 cm³/mol. The number of nitrogens with two attached hydrogens (primary N) is 1. The molecule has 2 aromatic heterocycles. The van der Waals surface area contributed by atoms with Crippen LogP contribution in [0.5, 0.6) is 17.4 Å². The van der Waals surface area contributed by atoms with Crippen molar-refractivity contribution in [3.63, 3.8) is 0 Å². The molecule has 0 saturated carbocycles. The number of benzene rings is 1. The fraction of sp³-hybridized carbons (Fsp3) is 0.0833. The van der Waals surface area contributed by atoms with Crippen molar-refractivity contribution in [3.8, 4) is 17.4 Å². The number of anilines is 1. The Hall–Kier alpha value is -2.35. The number of nitrogens with one attached hydrogen (secondary N) is 1. The summed E-state index contributed by atoms with van der Waals surface area (Å²) in [7, 11) is 1.60. The highest BCUT2D eigenvalue weighted by Crippen LogP contribution is 2.34. The number of halogens is 1. The number of aromatic nitrogens is 4. The number of hydrogen-bond donors (Lipinski definition) is 2. The maximum atomic E-state index is 5.77. The molecule has 0 aliphatic heterocycles. The summed E-state index contributed by atoms with van der Waals surface area (Å²) in [5.41, 5.74) is 6.16. The molecule has 0 aliphatic carbocycles. The molecule has 3 rings (SSSR count). The van der Waals surface area contributed by atoms with Crippen LogP contribution in [0.25, 0.3) is 11.0 Å². The van der Waals surface area contributed by atoms with Crippen molar-refractivity contribution >= 4 is 32.9 Å². The first-order chi connectivity index (χ1) is 9.67. The summed E-state index contributed by atoms with van der Waals surface area (Å²) in [4.78, 5) is 8.11. The van der Waals surface area contributed by atoms with E-state index in [-0.39, 0.29) is 5.95 Å². The van der Waals surface area contributed by atoms with Gasteiger partial charge in [-0.25, -0.2) is 0 Å². The van der Waals surface area contributed by atoms with Crippen LogP contribution in [-0.2, 0) is 0 Å². The first-order valence-corrected chi connectivity index (χ1v) is 6.44. The summed E-state index contributed by atoms with van der Waals surface area (Å²) in [5, 5.41) is 7.28. The summed E-state index contributed by atoms with van der Waals surface area (Å²) >= 11 is 3.42. The lowest BCUT2D eigenvalue weighted by Gasteiger charge is -2.09. The number of rotatable bonds is 3. The zero-order chi connectivity index (χ0) is 14.1. The molecule has 7 nitrogen and oxygen atoms in total. The maximum absolute atomic E-state index is 5.77. The molecule has 0 saturated heterocycles. The van der Waals surface area contributed by atoms with Crippen LogP contribution in [0.2, 0.25) is 0 Å². The number of H-pyrrole nitrogens is 1. The molecule has 2 heterocycles. The summed E-state index contributed by atoms with van der Waals surface area (Å²) in [6.07, 6.45) is 1.58. The SMILES string of the molecule is COc1ccc(Oc2nc(N)nc3[nH]ncc23)c(Br)c1. The van der Waals surface area contributed by atoms with E-state index in [1.807, 2.05) is 0 Å². The van der Waals surface area contributed by atoms with Crippen molar-refractivity contribution in [2.24, 2.45) is 0 Å². The van der Waals surface area contributed by atoms with Crippen molar-refractivity contribution < 1.29 is 9.47 Å². The lowest BCUT2D eigenvalue weighted by Crippen LogP contribution is -1.98. The van der Waals surface area contributed by atoms with Crippen LogP contribution in [0.4, 0.5) is 5.95 Å². The summed E-state index contributed by atoms with van der Waals surface area (Å²) < 4.78 is 11.6. The van der Waals surface area contributed by atoms with Crippen molar-refractivity contribution in [1.82, 2.24) is 20.2 Å². The minimum Gasteiger partial charge on any atom is -0.497 e. The van der Waals surface area contributed by atoms with Crippen LogP contribution in [0.15, 0.2) is 28.9 Å². The second kappa shape index (κ2) is 4.97. The van der Waals surface area contributed by atoms with Gasteiger partial charge in [0.05, 0.1) is 17.8 Å². The molecule has 3 aromatic rings. The van der Waals surface area contributed by atoms with E-state index in [0.717, 1.165) is 10.2 Å². The van der Waals surface area contributed by atoms with Gasteiger partial charge in [-0.1, -0.05) is 0 Å². The molecular weight excluding hydrogens is 326 g/mol. The smallest absolute Gasteiger partial charge is 0.235 e. The van der Waals surface area contributed by atoms with Crippen LogP contribution in [0.1, 0.15) is 0 Å². The number of nitrogen functional groups attached to an aromatic ring is 1.